The number of allylic oxidation sites excluding steroid dienone is 2. The lowest BCUT2D eigenvalue weighted by Gasteiger charge is -1.98. The standard InChI is InChI=1S/C8H15F.C2H6/c1-4-8(9)6-5-7(2)3;1-2/h5,8H,4,6H2,1-3H3;1-2H3. The fraction of sp³-hybridized carbons (Fsp3) is 0.800. The van der Waals surface area contributed by atoms with E-state index < -0.39 is 6.17 Å². The molecule has 0 saturated heterocycles. The van der Waals surface area contributed by atoms with E-state index in [1.54, 1.807) is 0 Å². The Morgan fingerprint density at radius 2 is 1.82 bits per heavy atom. The molecule has 0 N–H and O–H groups in total. The first-order valence-corrected chi connectivity index (χ1v) is 4.44. The van der Waals surface area contributed by atoms with E-state index in [1.807, 2.05) is 40.7 Å². The molecule has 0 radical (unpaired) electrons. The van der Waals surface area contributed by atoms with Crippen LogP contribution < -0.4 is 0 Å². The van der Waals surface area contributed by atoms with Crippen molar-refractivity contribution < 1.29 is 4.39 Å². The van der Waals surface area contributed by atoms with Gasteiger partial charge in [-0.25, -0.2) is 4.39 Å². The highest BCUT2D eigenvalue weighted by Gasteiger charge is 1.97. The maximum Gasteiger partial charge on any atom is 0.103 e. The molecule has 1 heteroatoms. The highest BCUT2D eigenvalue weighted by molar-refractivity contribution is 4.93. The number of hydrogen-bond donors (Lipinski definition) is 0. The van der Waals surface area contributed by atoms with Gasteiger partial charge in [-0.1, -0.05) is 32.4 Å². The molecule has 0 amide bonds. The Morgan fingerprint density at radius 3 is 2.09 bits per heavy atom. The maximum absolute atomic E-state index is 12.4. The summed E-state index contributed by atoms with van der Waals surface area (Å²) < 4.78 is 12.4. The minimum absolute atomic E-state index is 0.582. The molecule has 11 heavy (non-hydrogen) atoms. The average molecular weight is 160 g/mol. The van der Waals surface area contributed by atoms with Crippen molar-refractivity contribution in [2.24, 2.45) is 0 Å². The molecule has 0 aromatic heterocycles. The molecule has 0 rings (SSSR count). The number of hydrogen-bond acceptors (Lipinski definition) is 0. The fourth-order valence-electron chi connectivity index (χ4n) is 0.530. The number of alkyl halides is 1. The summed E-state index contributed by atoms with van der Waals surface area (Å²) in [5.41, 5.74) is 1.20. The van der Waals surface area contributed by atoms with Gasteiger partial charge in [0.1, 0.15) is 6.17 Å². The van der Waals surface area contributed by atoms with Gasteiger partial charge in [-0.15, -0.1) is 0 Å². The van der Waals surface area contributed by atoms with Gasteiger partial charge in [0.2, 0.25) is 0 Å². The maximum atomic E-state index is 12.4. The van der Waals surface area contributed by atoms with Crippen LogP contribution in [0.15, 0.2) is 11.6 Å². The smallest absolute Gasteiger partial charge is 0.103 e. The van der Waals surface area contributed by atoms with Crippen molar-refractivity contribution in [2.45, 2.75) is 53.6 Å². The van der Waals surface area contributed by atoms with E-state index >= 15 is 0 Å². The molecular weight excluding hydrogens is 139 g/mol. The SMILES string of the molecule is CC.CCC(F)CC=C(C)C. The normalized spacial score (nSPS) is 11.1. The molecule has 0 aliphatic rings. The Hall–Kier alpha value is -0.330. The van der Waals surface area contributed by atoms with Crippen molar-refractivity contribution in [2.75, 3.05) is 0 Å². The van der Waals surface area contributed by atoms with Gasteiger partial charge in [0, 0.05) is 0 Å². The molecule has 0 aliphatic carbocycles. The third kappa shape index (κ3) is 12.8. The summed E-state index contributed by atoms with van der Waals surface area (Å²) in [6.07, 6.45) is 2.51. The van der Waals surface area contributed by atoms with Crippen LogP contribution in [0.4, 0.5) is 4.39 Å². The summed E-state index contributed by atoms with van der Waals surface area (Å²) in [4.78, 5) is 0. The quantitative estimate of drug-likeness (QED) is 0.545. The van der Waals surface area contributed by atoms with E-state index in [4.69, 9.17) is 0 Å². The highest BCUT2D eigenvalue weighted by atomic mass is 19.1. The Kier molecular flexibility index (Phi) is 11.7. The van der Waals surface area contributed by atoms with Crippen LogP contribution >= 0.6 is 0 Å². The van der Waals surface area contributed by atoms with Crippen LogP contribution in [0.5, 0.6) is 0 Å². The molecule has 0 aromatic rings. The minimum atomic E-state index is -0.639. The monoisotopic (exact) mass is 160 g/mol. The summed E-state index contributed by atoms with van der Waals surface area (Å²) in [6.45, 7) is 9.84. The third-order valence-electron chi connectivity index (χ3n) is 1.22. The van der Waals surface area contributed by atoms with Crippen molar-refractivity contribution in [3.63, 3.8) is 0 Å². The molecular formula is C10H21F. The van der Waals surface area contributed by atoms with Crippen molar-refractivity contribution >= 4 is 0 Å². The second-order valence-corrected chi connectivity index (χ2v) is 2.52. The summed E-state index contributed by atoms with van der Waals surface area (Å²) >= 11 is 0. The molecule has 0 fully saturated rings. The third-order valence-corrected chi connectivity index (χ3v) is 1.22. The second-order valence-electron chi connectivity index (χ2n) is 2.52. The van der Waals surface area contributed by atoms with Crippen molar-refractivity contribution in [3.8, 4) is 0 Å². The van der Waals surface area contributed by atoms with Crippen LogP contribution in [0.3, 0.4) is 0 Å². The lowest BCUT2D eigenvalue weighted by atomic mass is 10.2. The zero-order chi connectivity index (χ0) is 9.28. The molecule has 0 aromatic carbocycles. The molecule has 0 spiro atoms. The van der Waals surface area contributed by atoms with Crippen LogP contribution in [0.2, 0.25) is 0 Å². The zero-order valence-corrected chi connectivity index (χ0v) is 8.45. The van der Waals surface area contributed by atoms with Crippen LogP contribution in [-0.2, 0) is 0 Å². The van der Waals surface area contributed by atoms with Gasteiger partial charge in [0.15, 0.2) is 0 Å². The number of rotatable bonds is 3. The molecule has 0 bridgehead atoms. The van der Waals surface area contributed by atoms with E-state index in [0.717, 1.165) is 0 Å². The Morgan fingerprint density at radius 1 is 1.36 bits per heavy atom. The van der Waals surface area contributed by atoms with Gasteiger partial charge in [-0.3, -0.25) is 0 Å². The van der Waals surface area contributed by atoms with Crippen LogP contribution in [-0.4, -0.2) is 6.17 Å². The lowest BCUT2D eigenvalue weighted by molar-refractivity contribution is 0.327. The Bertz CT molecular complexity index is 91.0. The fourth-order valence-corrected chi connectivity index (χ4v) is 0.530. The summed E-state index contributed by atoms with van der Waals surface area (Å²) in [5, 5.41) is 0. The zero-order valence-electron chi connectivity index (χ0n) is 8.45. The molecule has 1 atom stereocenters. The van der Waals surface area contributed by atoms with Gasteiger partial charge < -0.3 is 0 Å². The molecule has 0 aliphatic heterocycles. The Labute approximate surface area is 70.5 Å². The van der Waals surface area contributed by atoms with Gasteiger partial charge >= 0.3 is 0 Å². The largest absolute Gasteiger partial charge is 0.247 e. The van der Waals surface area contributed by atoms with E-state index in [2.05, 4.69) is 0 Å². The average Bonchev–Trinajstić information content (AvgIpc) is 2.04. The van der Waals surface area contributed by atoms with Crippen LogP contribution in [0, 0.1) is 0 Å². The van der Waals surface area contributed by atoms with Gasteiger partial charge in [-0.05, 0) is 26.7 Å². The Balaban J connectivity index is 0. The summed E-state index contributed by atoms with van der Waals surface area (Å²) in [7, 11) is 0. The van der Waals surface area contributed by atoms with Crippen molar-refractivity contribution in [1.29, 1.82) is 0 Å². The van der Waals surface area contributed by atoms with Crippen LogP contribution in [0.1, 0.15) is 47.5 Å². The van der Waals surface area contributed by atoms with Gasteiger partial charge in [0.25, 0.3) is 0 Å². The molecule has 0 saturated carbocycles. The van der Waals surface area contributed by atoms with E-state index in [0.29, 0.717) is 12.8 Å². The predicted octanol–water partition coefficient (Wildman–Crippen LogP) is 4.12. The highest BCUT2D eigenvalue weighted by Crippen LogP contribution is 2.04. The second kappa shape index (κ2) is 9.67. The van der Waals surface area contributed by atoms with E-state index in [1.165, 1.54) is 5.57 Å². The van der Waals surface area contributed by atoms with E-state index in [-0.39, 0.29) is 0 Å². The van der Waals surface area contributed by atoms with Crippen molar-refractivity contribution in [3.05, 3.63) is 11.6 Å². The molecule has 1 unspecified atom stereocenters. The van der Waals surface area contributed by atoms with Gasteiger partial charge in [-0.2, -0.15) is 0 Å². The number of halogens is 1. The topological polar surface area (TPSA) is 0 Å². The minimum Gasteiger partial charge on any atom is -0.247 e. The molecule has 0 nitrogen and oxygen atoms in total. The predicted molar refractivity (Wildman–Crippen MR) is 50.6 cm³/mol. The molecule has 68 valence electrons. The molecule has 0 heterocycles. The van der Waals surface area contributed by atoms with Crippen LogP contribution in [0.25, 0.3) is 0 Å². The first kappa shape index (κ1) is 13.3. The first-order chi connectivity index (χ1) is 5.16. The lowest BCUT2D eigenvalue weighted by Crippen LogP contribution is -1.93. The van der Waals surface area contributed by atoms with Gasteiger partial charge in [0.05, 0.1) is 0 Å². The van der Waals surface area contributed by atoms with Crippen molar-refractivity contribution in [1.82, 2.24) is 0 Å². The summed E-state index contributed by atoms with van der Waals surface area (Å²) in [5.74, 6) is 0. The van der Waals surface area contributed by atoms with E-state index in [9.17, 15) is 4.39 Å². The summed E-state index contributed by atoms with van der Waals surface area (Å²) in [6, 6.07) is 0. The first-order valence-electron chi connectivity index (χ1n) is 4.44.